The van der Waals surface area contributed by atoms with Crippen LogP contribution >= 0.6 is 0 Å². The molecule has 0 saturated carbocycles. The number of nitrogens with zero attached hydrogens (tertiary/aromatic N) is 2. The summed E-state index contributed by atoms with van der Waals surface area (Å²) in [6.07, 6.45) is -2.77. The first-order chi connectivity index (χ1) is 15.8. The number of rotatable bonds is 7. The number of ether oxygens (including phenoxy) is 2. The number of nitrogens with one attached hydrogen (secondary N) is 1. The van der Waals surface area contributed by atoms with Gasteiger partial charge in [0.25, 0.3) is 6.47 Å². The molecule has 4 rings (SSSR count). The molecule has 2 heterocycles. The Balaban J connectivity index is 1.58. The number of pyridine rings is 1. The molecule has 2 aromatic carbocycles. The number of aromatic nitrogens is 1. The van der Waals surface area contributed by atoms with Gasteiger partial charge in [-0.3, -0.25) is 4.79 Å². The summed E-state index contributed by atoms with van der Waals surface area (Å²) in [7, 11) is 0. The highest BCUT2D eigenvalue weighted by atomic mass is 19.4. The van der Waals surface area contributed by atoms with E-state index in [1.807, 2.05) is 24.0 Å². The third kappa shape index (κ3) is 5.19. The van der Waals surface area contributed by atoms with Crippen LogP contribution in [0.4, 0.5) is 24.7 Å². The zero-order valence-electron chi connectivity index (χ0n) is 17.8. The van der Waals surface area contributed by atoms with Crippen LogP contribution in [0.15, 0.2) is 60.8 Å². The Bertz CT molecular complexity index is 1120. The Labute approximate surface area is 189 Å². The summed E-state index contributed by atoms with van der Waals surface area (Å²) < 4.78 is 50.0. The first-order valence-electron chi connectivity index (χ1n) is 10.3. The summed E-state index contributed by atoms with van der Waals surface area (Å²) in [6, 6.07) is 14.0. The minimum atomic E-state index is -4.39. The van der Waals surface area contributed by atoms with E-state index in [4.69, 9.17) is 9.47 Å². The lowest BCUT2D eigenvalue weighted by Crippen LogP contribution is -2.33. The van der Waals surface area contributed by atoms with Crippen LogP contribution in [-0.2, 0) is 17.5 Å². The molecule has 1 aliphatic rings. The van der Waals surface area contributed by atoms with Crippen LogP contribution in [0.25, 0.3) is 0 Å². The number of anilines is 2. The van der Waals surface area contributed by atoms with E-state index in [0.29, 0.717) is 48.2 Å². The van der Waals surface area contributed by atoms with Gasteiger partial charge in [0, 0.05) is 18.8 Å². The second kappa shape index (κ2) is 9.40. The maximum absolute atomic E-state index is 13.1. The number of fused-ring (bicyclic) bond motifs is 1. The molecule has 1 unspecified atom stereocenters. The third-order valence-corrected chi connectivity index (χ3v) is 5.37. The summed E-state index contributed by atoms with van der Waals surface area (Å²) in [5.41, 5.74) is 1.52. The van der Waals surface area contributed by atoms with Crippen molar-refractivity contribution in [2.45, 2.75) is 25.7 Å². The Kier molecular flexibility index (Phi) is 6.39. The molecule has 0 spiro atoms. The van der Waals surface area contributed by atoms with Crippen molar-refractivity contribution in [3.8, 4) is 11.5 Å². The van der Waals surface area contributed by atoms with E-state index < -0.39 is 11.7 Å². The number of hydrogen-bond donors (Lipinski definition) is 1. The Morgan fingerprint density at radius 3 is 2.73 bits per heavy atom. The lowest BCUT2D eigenvalue weighted by Gasteiger charge is -2.33. The van der Waals surface area contributed by atoms with Gasteiger partial charge in [-0.2, -0.15) is 13.2 Å². The molecule has 3 aromatic rings. The fourth-order valence-electron chi connectivity index (χ4n) is 3.75. The molecule has 0 saturated heterocycles. The number of carbonyl (C=O) groups is 1. The van der Waals surface area contributed by atoms with Crippen LogP contribution in [-0.4, -0.2) is 24.6 Å². The van der Waals surface area contributed by atoms with Crippen LogP contribution in [0.3, 0.4) is 0 Å². The van der Waals surface area contributed by atoms with Gasteiger partial charge in [0.2, 0.25) is 0 Å². The van der Waals surface area contributed by atoms with Gasteiger partial charge < -0.3 is 19.7 Å². The number of halogens is 3. The molecule has 172 valence electrons. The van der Waals surface area contributed by atoms with E-state index in [1.54, 1.807) is 30.5 Å². The quantitative estimate of drug-likeness (QED) is 0.492. The lowest BCUT2D eigenvalue weighted by atomic mass is 10.1. The molecular formula is C24H22F3N3O3. The Morgan fingerprint density at radius 1 is 1.21 bits per heavy atom. The van der Waals surface area contributed by atoms with Crippen LogP contribution in [0, 0.1) is 0 Å². The minimum Gasteiger partial charge on any atom is -0.489 e. The first kappa shape index (κ1) is 22.4. The van der Waals surface area contributed by atoms with E-state index >= 15 is 0 Å². The SMILES string of the molecule is CC(Nc1nccc2c1N(Cc1cccc(C(F)(F)F)c1)CCO2)c1ccc(OC=O)cc1. The largest absolute Gasteiger partial charge is 0.489 e. The van der Waals surface area contributed by atoms with Gasteiger partial charge in [-0.05, 0) is 42.3 Å². The minimum absolute atomic E-state index is 0.147. The van der Waals surface area contributed by atoms with Crippen LogP contribution in [0.2, 0.25) is 0 Å². The molecule has 0 radical (unpaired) electrons. The van der Waals surface area contributed by atoms with Gasteiger partial charge in [0.15, 0.2) is 5.82 Å². The van der Waals surface area contributed by atoms with Gasteiger partial charge in [-0.1, -0.05) is 24.3 Å². The average Bonchev–Trinajstić information content (AvgIpc) is 2.80. The molecule has 33 heavy (non-hydrogen) atoms. The van der Waals surface area contributed by atoms with E-state index in [-0.39, 0.29) is 12.6 Å². The third-order valence-electron chi connectivity index (χ3n) is 5.37. The summed E-state index contributed by atoms with van der Waals surface area (Å²) in [5, 5.41) is 3.37. The normalized spacial score (nSPS) is 14.1. The van der Waals surface area contributed by atoms with Crippen LogP contribution in [0.1, 0.15) is 29.7 Å². The van der Waals surface area contributed by atoms with Crippen molar-refractivity contribution in [2.75, 3.05) is 23.4 Å². The number of benzene rings is 2. The van der Waals surface area contributed by atoms with Crippen LogP contribution in [0.5, 0.6) is 11.5 Å². The van der Waals surface area contributed by atoms with E-state index in [9.17, 15) is 18.0 Å². The van der Waals surface area contributed by atoms with Gasteiger partial charge in [0.05, 0.1) is 18.2 Å². The highest BCUT2D eigenvalue weighted by Gasteiger charge is 2.31. The summed E-state index contributed by atoms with van der Waals surface area (Å²) in [6.45, 7) is 3.54. The lowest BCUT2D eigenvalue weighted by molar-refractivity contribution is -0.137. The molecular weight excluding hydrogens is 435 g/mol. The molecule has 9 heteroatoms. The topological polar surface area (TPSA) is 63.7 Å². The summed E-state index contributed by atoms with van der Waals surface area (Å²) in [4.78, 5) is 16.9. The van der Waals surface area contributed by atoms with Gasteiger partial charge in [-0.25, -0.2) is 4.98 Å². The van der Waals surface area contributed by atoms with Gasteiger partial charge in [0.1, 0.15) is 23.8 Å². The summed E-state index contributed by atoms with van der Waals surface area (Å²) >= 11 is 0. The number of carbonyl (C=O) groups excluding carboxylic acids is 1. The standard InChI is InChI=1S/C24H22F3N3O3/c1-16(18-5-7-20(8-6-18)33-15-31)29-23-22-21(9-10-28-23)32-12-11-30(22)14-17-3-2-4-19(13-17)24(25,26)27/h2-10,13,15-16H,11-12,14H2,1H3,(H,28,29). The van der Waals surface area contributed by atoms with Crippen molar-refractivity contribution >= 4 is 18.0 Å². The van der Waals surface area contributed by atoms with Crippen molar-refractivity contribution in [1.82, 2.24) is 4.98 Å². The van der Waals surface area contributed by atoms with Crippen molar-refractivity contribution < 1.29 is 27.4 Å². The Hall–Kier alpha value is -3.75. The molecule has 0 aliphatic carbocycles. The van der Waals surface area contributed by atoms with Crippen molar-refractivity contribution in [1.29, 1.82) is 0 Å². The first-order valence-corrected chi connectivity index (χ1v) is 10.3. The van der Waals surface area contributed by atoms with E-state index in [0.717, 1.165) is 11.6 Å². The average molecular weight is 457 g/mol. The maximum atomic E-state index is 13.1. The molecule has 0 fully saturated rings. The second-order valence-corrected chi connectivity index (χ2v) is 7.62. The molecule has 1 atom stereocenters. The van der Waals surface area contributed by atoms with Gasteiger partial charge >= 0.3 is 6.18 Å². The molecule has 0 bridgehead atoms. The smallest absolute Gasteiger partial charge is 0.416 e. The van der Waals surface area contributed by atoms with Crippen molar-refractivity contribution in [3.05, 3.63) is 77.5 Å². The zero-order chi connectivity index (χ0) is 23.4. The van der Waals surface area contributed by atoms with Gasteiger partial charge in [-0.15, -0.1) is 0 Å². The monoisotopic (exact) mass is 457 g/mol. The van der Waals surface area contributed by atoms with E-state index in [2.05, 4.69) is 10.3 Å². The van der Waals surface area contributed by atoms with Crippen molar-refractivity contribution in [2.24, 2.45) is 0 Å². The number of alkyl halides is 3. The predicted molar refractivity (Wildman–Crippen MR) is 117 cm³/mol. The molecule has 1 aliphatic heterocycles. The molecule has 1 aromatic heterocycles. The maximum Gasteiger partial charge on any atom is 0.416 e. The molecule has 0 amide bonds. The number of hydrogen-bond acceptors (Lipinski definition) is 6. The fraction of sp³-hybridized carbons (Fsp3) is 0.250. The predicted octanol–water partition coefficient (Wildman–Crippen LogP) is 5.21. The van der Waals surface area contributed by atoms with Crippen LogP contribution < -0.4 is 19.7 Å². The Morgan fingerprint density at radius 2 is 2.00 bits per heavy atom. The second-order valence-electron chi connectivity index (χ2n) is 7.62. The van der Waals surface area contributed by atoms with Crippen molar-refractivity contribution in [3.63, 3.8) is 0 Å². The fourth-order valence-corrected chi connectivity index (χ4v) is 3.75. The highest BCUT2D eigenvalue weighted by Crippen LogP contribution is 2.39. The zero-order valence-corrected chi connectivity index (χ0v) is 17.8. The highest BCUT2D eigenvalue weighted by molar-refractivity contribution is 5.74. The van der Waals surface area contributed by atoms with E-state index in [1.165, 1.54) is 12.1 Å². The molecule has 1 N–H and O–H groups in total. The molecule has 6 nitrogen and oxygen atoms in total. The summed E-state index contributed by atoms with van der Waals surface area (Å²) in [5.74, 6) is 1.63.